The van der Waals surface area contributed by atoms with E-state index in [0.717, 1.165) is 16.9 Å². The predicted molar refractivity (Wildman–Crippen MR) is 161 cm³/mol. The number of hydrogen-bond acceptors (Lipinski definition) is 10. The van der Waals surface area contributed by atoms with Gasteiger partial charge in [0.2, 0.25) is 0 Å². The van der Waals surface area contributed by atoms with Gasteiger partial charge in [-0.2, -0.15) is 0 Å². The number of aromatic nitrogens is 1. The minimum Gasteiger partial charge on any atom is -0.381 e. The summed E-state index contributed by atoms with van der Waals surface area (Å²) >= 11 is 1.11. The molecule has 228 valence electrons. The minimum atomic E-state index is -3.10. The molecular weight excluding hydrogens is 571 g/mol. The molecule has 0 spiro atoms. The van der Waals surface area contributed by atoms with Gasteiger partial charge < -0.3 is 28.8 Å². The van der Waals surface area contributed by atoms with Gasteiger partial charge in [-0.05, 0) is 30.6 Å². The summed E-state index contributed by atoms with van der Waals surface area (Å²) in [6.07, 6.45) is 1.45. The van der Waals surface area contributed by atoms with Crippen LogP contribution in [0.4, 0.5) is 0 Å². The summed E-state index contributed by atoms with van der Waals surface area (Å²) in [4.78, 5) is 4.26. The van der Waals surface area contributed by atoms with Gasteiger partial charge in [-0.15, -0.1) is 11.3 Å². The molecular formula is C27H47N3O7S2Si. The first kappa shape index (κ1) is 34.9. The second-order valence-corrected chi connectivity index (χ2v) is 19.4. The lowest BCUT2D eigenvalue weighted by atomic mass is 10.1. The Hall–Kier alpha value is -1.26. The average molecular weight is 618 g/mol. The van der Waals surface area contributed by atoms with Crippen LogP contribution in [-0.2, 0) is 45.8 Å². The van der Waals surface area contributed by atoms with Crippen molar-refractivity contribution >= 4 is 29.5 Å². The van der Waals surface area contributed by atoms with Crippen LogP contribution in [0.1, 0.15) is 38.3 Å². The summed E-state index contributed by atoms with van der Waals surface area (Å²) < 4.78 is 45.8. The van der Waals surface area contributed by atoms with Crippen LogP contribution in [0.3, 0.4) is 0 Å². The largest absolute Gasteiger partial charge is 0.381 e. The molecule has 2 atom stereocenters. The predicted octanol–water partition coefficient (Wildman–Crippen LogP) is 4.34. The van der Waals surface area contributed by atoms with E-state index in [1.54, 1.807) is 6.92 Å². The Morgan fingerprint density at radius 1 is 0.900 bits per heavy atom. The van der Waals surface area contributed by atoms with Crippen LogP contribution >= 0.6 is 11.3 Å². The van der Waals surface area contributed by atoms with E-state index in [0.29, 0.717) is 68.7 Å². The molecule has 1 aromatic carbocycles. The summed E-state index contributed by atoms with van der Waals surface area (Å²) in [5.41, 5.74) is -0.214. The fourth-order valence-electron chi connectivity index (χ4n) is 3.04. The third-order valence-corrected chi connectivity index (χ3v) is 15.7. The van der Waals surface area contributed by atoms with Gasteiger partial charge in [-0.3, -0.25) is 4.03 Å². The van der Waals surface area contributed by atoms with Crippen molar-refractivity contribution in [2.75, 3.05) is 59.5 Å². The van der Waals surface area contributed by atoms with Gasteiger partial charge in [0.05, 0.1) is 72.3 Å². The second-order valence-electron chi connectivity index (χ2n) is 11.2. The van der Waals surface area contributed by atoms with Gasteiger partial charge in [0.1, 0.15) is 24.7 Å². The SMILES string of the molecule is CC(C)(C)[Si](C)(C)N=S(N)(=O)c1cnc([C@@](C)(O)COCCOCCOCCOCCOCc2ccccc2)s1. The third kappa shape index (κ3) is 12.3. The number of hydrogen-bond donors (Lipinski definition) is 2. The van der Waals surface area contributed by atoms with E-state index in [1.807, 2.05) is 43.4 Å². The molecule has 40 heavy (non-hydrogen) atoms. The smallest absolute Gasteiger partial charge is 0.195 e. The molecule has 2 aromatic rings. The van der Waals surface area contributed by atoms with E-state index in [1.165, 1.54) is 6.20 Å². The summed E-state index contributed by atoms with van der Waals surface area (Å²) in [6, 6.07) is 10.0. The molecule has 0 bridgehead atoms. The highest BCUT2D eigenvalue weighted by Crippen LogP contribution is 2.38. The monoisotopic (exact) mass is 617 g/mol. The first-order chi connectivity index (χ1) is 18.7. The van der Waals surface area contributed by atoms with Crippen LogP contribution in [0.25, 0.3) is 0 Å². The van der Waals surface area contributed by atoms with E-state index in [-0.39, 0.29) is 11.6 Å². The Labute approximate surface area is 244 Å². The number of nitrogens with zero attached hydrogens (tertiary/aromatic N) is 2. The maximum absolute atomic E-state index is 13.2. The average Bonchev–Trinajstić information content (AvgIpc) is 3.38. The van der Waals surface area contributed by atoms with Crippen LogP contribution in [0.5, 0.6) is 0 Å². The molecule has 10 nitrogen and oxygen atoms in total. The Balaban J connectivity index is 1.55. The zero-order valence-corrected chi connectivity index (χ0v) is 27.4. The molecule has 0 fully saturated rings. The van der Waals surface area contributed by atoms with Crippen LogP contribution in [0.15, 0.2) is 44.8 Å². The summed E-state index contributed by atoms with van der Waals surface area (Å²) in [7, 11) is -5.34. The van der Waals surface area contributed by atoms with E-state index >= 15 is 0 Å². The summed E-state index contributed by atoms with van der Waals surface area (Å²) in [5.74, 6) is 0. The third-order valence-electron chi connectivity index (χ3n) is 6.42. The number of rotatable bonds is 19. The number of benzene rings is 1. The topological polar surface area (TPSA) is 135 Å². The van der Waals surface area contributed by atoms with Crippen LogP contribution in [-0.4, -0.2) is 82.0 Å². The number of ether oxygens (including phenoxy) is 5. The number of thiazole rings is 1. The molecule has 0 aliphatic rings. The normalized spacial score (nSPS) is 15.5. The van der Waals surface area contributed by atoms with E-state index in [2.05, 4.69) is 29.8 Å². The van der Waals surface area contributed by atoms with Crippen molar-refractivity contribution in [2.24, 2.45) is 9.17 Å². The zero-order chi connectivity index (χ0) is 29.7. The van der Waals surface area contributed by atoms with Gasteiger partial charge in [0.25, 0.3) is 0 Å². The molecule has 1 unspecified atom stereocenters. The summed E-state index contributed by atoms with van der Waals surface area (Å²) in [5, 5.41) is 17.3. The van der Waals surface area contributed by atoms with Crippen molar-refractivity contribution in [3.63, 3.8) is 0 Å². The van der Waals surface area contributed by atoms with Crippen LogP contribution in [0.2, 0.25) is 18.1 Å². The highest BCUT2D eigenvalue weighted by Gasteiger charge is 2.38. The molecule has 3 N–H and O–H groups in total. The van der Waals surface area contributed by atoms with Crippen molar-refractivity contribution in [3.05, 3.63) is 47.1 Å². The lowest BCUT2D eigenvalue weighted by Crippen LogP contribution is -2.37. The fraction of sp³-hybridized carbons (Fsp3) is 0.667. The maximum atomic E-state index is 13.2. The first-order valence-electron chi connectivity index (χ1n) is 13.4. The highest BCUT2D eigenvalue weighted by molar-refractivity contribution is 7.94. The highest BCUT2D eigenvalue weighted by atomic mass is 32.2. The second kappa shape index (κ2) is 16.4. The van der Waals surface area contributed by atoms with E-state index in [9.17, 15) is 9.32 Å². The lowest BCUT2D eigenvalue weighted by Gasteiger charge is -2.32. The van der Waals surface area contributed by atoms with Gasteiger partial charge in [0.15, 0.2) is 8.24 Å². The Kier molecular flexibility index (Phi) is 14.3. The molecule has 0 aliphatic heterocycles. The molecule has 0 amide bonds. The van der Waals surface area contributed by atoms with Gasteiger partial charge in [0, 0.05) is 0 Å². The maximum Gasteiger partial charge on any atom is 0.195 e. The van der Waals surface area contributed by atoms with Gasteiger partial charge >= 0.3 is 0 Å². The van der Waals surface area contributed by atoms with Crippen molar-refractivity contribution in [1.29, 1.82) is 0 Å². The Bertz CT molecular complexity index is 1110. The molecule has 2 rings (SSSR count). The lowest BCUT2D eigenvalue weighted by molar-refractivity contribution is -0.0563. The summed E-state index contributed by atoms with van der Waals surface area (Å²) in [6.45, 7) is 16.1. The molecule has 0 radical (unpaired) electrons. The van der Waals surface area contributed by atoms with Crippen molar-refractivity contribution in [3.8, 4) is 0 Å². The molecule has 0 aliphatic carbocycles. The van der Waals surface area contributed by atoms with Crippen molar-refractivity contribution < 1.29 is 33.0 Å². The minimum absolute atomic E-state index is 0.0113. The molecule has 1 heterocycles. The van der Waals surface area contributed by atoms with Crippen molar-refractivity contribution in [1.82, 2.24) is 4.98 Å². The standard InChI is InChI=1S/C27H47N3O7S2Si/c1-26(2,3)40(5,6)30-39(28,32)24-20-29-25(38-24)27(4,31)22-37-19-17-35-15-13-33-12-14-34-16-18-36-21-23-10-8-7-9-11-23/h7-11,20,31H,12-19,21-22H2,1-6H3,(H2,28,30,32)/t27-,39?/m0/s1. The molecule has 1 aromatic heterocycles. The molecule has 0 saturated carbocycles. The van der Waals surface area contributed by atoms with Crippen LogP contribution < -0.4 is 5.14 Å². The quantitative estimate of drug-likeness (QED) is 0.176. The zero-order valence-electron chi connectivity index (χ0n) is 24.7. The van der Waals surface area contributed by atoms with E-state index < -0.39 is 23.8 Å². The van der Waals surface area contributed by atoms with Gasteiger partial charge in [-0.25, -0.2) is 14.3 Å². The van der Waals surface area contributed by atoms with Crippen molar-refractivity contribution in [2.45, 2.75) is 62.2 Å². The Morgan fingerprint density at radius 3 is 1.93 bits per heavy atom. The Morgan fingerprint density at radius 2 is 1.40 bits per heavy atom. The number of aliphatic hydroxyl groups is 1. The fourth-order valence-corrected chi connectivity index (χ4v) is 9.14. The van der Waals surface area contributed by atoms with E-state index in [4.69, 9.17) is 28.8 Å². The first-order valence-corrected chi connectivity index (χ1v) is 18.8. The number of nitrogens with two attached hydrogens (primary N) is 1. The molecule has 13 heteroatoms. The molecule has 0 saturated heterocycles. The van der Waals surface area contributed by atoms with Gasteiger partial charge in [-0.1, -0.05) is 51.1 Å². The van der Waals surface area contributed by atoms with Crippen LogP contribution in [0, 0.1) is 0 Å².